The third-order valence-electron chi connectivity index (χ3n) is 2.81. The molecule has 102 valence electrons. The minimum atomic E-state index is 0.329. The van der Waals surface area contributed by atoms with E-state index in [1.165, 1.54) is 0 Å². The predicted molar refractivity (Wildman–Crippen MR) is 65.1 cm³/mol. The van der Waals surface area contributed by atoms with Crippen LogP contribution in [0.3, 0.4) is 0 Å². The first-order valence-electron chi connectivity index (χ1n) is 6.34. The molecule has 0 aromatic rings. The van der Waals surface area contributed by atoms with E-state index in [-0.39, 0.29) is 0 Å². The normalized spacial score (nSPS) is 24.4. The Hall–Kier alpha value is -0.200. The fourth-order valence-corrected chi connectivity index (χ4v) is 1.86. The van der Waals surface area contributed by atoms with Gasteiger partial charge in [0.15, 0.2) is 0 Å². The van der Waals surface area contributed by atoms with E-state index in [4.69, 9.17) is 24.7 Å². The van der Waals surface area contributed by atoms with E-state index >= 15 is 0 Å². The molecule has 1 rings (SSSR count). The highest BCUT2D eigenvalue weighted by Gasteiger charge is 2.21. The maximum atomic E-state index is 5.80. The quantitative estimate of drug-likeness (QED) is 0.572. The number of methoxy groups -OCH3 is 1. The van der Waals surface area contributed by atoms with Gasteiger partial charge in [0.2, 0.25) is 0 Å². The molecular weight excluding hydrogens is 222 g/mol. The average Bonchev–Trinajstić information content (AvgIpc) is 2.73. The highest BCUT2D eigenvalue weighted by molar-refractivity contribution is 4.77. The standard InChI is InChI=1S/C12H25NO4/c1-14-4-5-15-6-7-16-8-9-17-12-3-2-11(13)10-12/h11-12H,2-10,13H2,1H3. The molecule has 0 saturated heterocycles. The lowest BCUT2D eigenvalue weighted by Gasteiger charge is -2.11. The van der Waals surface area contributed by atoms with E-state index in [0.717, 1.165) is 19.3 Å². The van der Waals surface area contributed by atoms with Gasteiger partial charge in [0.25, 0.3) is 0 Å². The van der Waals surface area contributed by atoms with Gasteiger partial charge in [0, 0.05) is 13.2 Å². The van der Waals surface area contributed by atoms with Crippen molar-refractivity contribution in [1.82, 2.24) is 0 Å². The van der Waals surface area contributed by atoms with Crippen molar-refractivity contribution in [2.45, 2.75) is 31.4 Å². The number of ether oxygens (including phenoxy) is 4. The van der Waals surface area contributed by atoms with Gasteiger partial charge >= 0.3 is 0 Å². The van der Waals surface area contributed by atoms with E-state index in [1.54, 1.807) is 7.11 Å². The molecule has 0 spiro atoms. The Labute approximate surface area is 104 Å². The van der Waals surface area contributed by atoms with Crippen LogP contribution in [0.4, 0.5) is 0 Å². The van der Waals surface area contributed by atoms with Crippen LogP contribution < -0.4 is 5.73 Å². The SMILES string of the molecule is COCCOCCOCCOC1CCC(N)C1. The summed E-state index contributed by atoms with van der Waals surface area (Å²) in [5.74, 6) is 0. The summed E-state index contributed by atoms with van der Waals surface area (Å²) in [6.07, 6.45) is 3.49. The topological polar surface area (TPSA) is 62.9 Å². The monoisotopic (exact) mass is 247 g/mol. The van der Waals surface area contributed by atoms with Gasteiger partial charge in [0.05, 0.1) is 45.7 Å². The van der Waals surface area contributed by atoms with Crippen LogP contribution in [0, 0.1) is 0 Å². The first-order chi connectivity index (χ1) is 8.33. The lowest BCUT2D eigenvalue weighted by Crippen LogP contribution is -2.19. The van der Waals surface area contributed by atoms with Crippen molar-refractivity contribution in [2.24, 2.45) is 5.73 Å². The molecule has 1 aliphatic carbocycles. The maximum absolute atomic E-state index is 5.80. The second-order valence-corrected chi connectivity index (χ2v) is 4.28. The average molecular weight is 247 g/mol. The lowest BCUT2D eigenvalue weighted by molar-refractivity contribution is -0.0146. The van der Waals surface area contributed by atoms with E-state index < -0.39 is 0 Å². The number of hydrogen-bond acceptors (Lipinski definition) is 5. The molecule has 0 aromatic carbocycles. The first kappa shape index (κ1) is 14.9. The van der Waals surface area contributed by atoms with Crippen LogP contribution >= 0.6 is 0 Å². The molecule has 0 bridgehead atoms. The maximum Gasteiger partial charge on any atom is 0.0704 e. The summed E-state index contributed by atoms with van der Waals surface area (Å²) in [6, 6.07) is 0.329. The molecular formula is C12H25NO4. The van der Waals surface area contributed by atoms with Gasteiger partial charge < -0.3 is 24.7 Å². The smallest absolute Gasteiger partial charge is 0.0704 e. The second-order valence-electron chi connectivity index (χ2n) is 4.28. The molecule has 1 aliphatic rings. The summed E-state index contributed by atoms with van der Waals surface area (Å²) in [5.41, 5.74) is 5.80. The van der Waals surface area contributed by atoms with Gasteiger partial charge in [-0.15, -0.1) is 0 Å². The van der Waals surface area contributed by atoms with Crippen LogP contribution in [0.1, 0.15) is 19.3 Å². The van der Waals surface area contributed by atoms with Gasteiger partial charge in [-0.05, 0) is 19.3 Å². The molecule has 5 heteroatoms. The predicted octanol–water partition coefficient (Wildman–Crippen LogP) is 0.562. The van der Waals surface area contributed by atoms with E-state index in [1.807, 2.05) is 0 Å². The van der Waals surface area contributed by atoms with Gasteiger partial charge in [-0.25, -0.2) is 0 Å². The van der Waals surface area contributed by atoms with Crippen LogP contribution in [-0.4, -0.2) is 58.9 Å². The molecule has 0 aliphatic heterocycles. The fraction of sp³-hybridized carbons (Fsp3) is 1.00. The fourth-order valence-electron chi connectivity index (χ4n) is 1.86. The number of nitrogens with two attached hydrogens (primary N) is 1. The number of hydrogen-bond donors (Lipinski definition) is 1. The Bertz CT molecular complexity index is 180. The van der Waals surface area contributed by atoms with Crippen LogP contribution in [0.5, 0.6) is 0 Å². The van der Waals surface area contributed by atoms with E-state index in [9.17, 15) is 0 Å². The number of rotatable bonds is 10. The molecule has 5 nitrogen and oxygen atoms in total. The Kier molecular flexibility index (Phi) is 8.56. The van der Waals surface area contributed by atoms with Crippen LogP contribution in [0.2, 0.25) is 0 Å². The summed E-state index contributed by atoms with van der Waals surface area (Å²) in [6.45, 7) is 3.74. The minimum absolute atomic E-state index is 0.329. The summed E-state index contributed by atoms with van der Waals surface area (Å²) < 4.78 is 21.1. The third-order valence-corrected chi connectivity index (χ3v) is 2.81. The Morgan fingerprint density at radius 1 is 0.941 bits per heavy atom. The summed E-state index contributed by atoms with van der Waals surface area (Å²) in [4.78, 5) is 0. The molecule has 0 heterocycles. The van der Waals surface area contributed by atoms with Crippen molar-refractivity contribution in [1.29, 1.82) is 0 Å². The zero-order chi connectivity index (χ0) is 12.3. The van der Waals surface area contributed by atoms with Crippen LogP contribution in [0.25, 0.3) is 0 Å². The van der Waals surface area contributed by atoms with E-state index in [0.29, 0.717) is 51.8 Å². The Morgan fingerprint density at radius 3 is 2.18 bits per heavy atom. The van der Waals surface area contributed by atoms with E-state index in [2.05, 4.69) is 0 Å². The Morgan fingerprint density at radius 2 is 1.59 bits per heavy atom. The molecule has 2 N–H and O–H groups in total. The molecule has 1 fully saturated rings. The van der Waals surface area contributed by atoms with Gasteiger partial charge in [0.1, 0.15) is 0 Å². The summed E-state index contributed by atoms with van der Waals surface area (Å²) in [5, 5.41) is 0. The lowest BCUT2D eigenvalue weighted by atomic mass is 10.3. The molecule has 0 aromatic heterocycles. The summed E-state index contributed by atoms with van der Waals surface area (Å²) in [7, 11) is 1.66. The van der Waals surface area contributed by atoms with Crippen molar-refractivity contribution in [2.75, 3.05) is 46.8 Å². The van der Waals surface area contributed by atoms with Crippen molar-refractivity contribution in [3.05, 3.63) is 0 Å². The molecule has 0 amide bonds. The van der Waals surface area contributed by atoms with Crippen LogP contribution in [-0.2, 0) is 18.9 Å². The van der Waals surface area contributed by atoms with Crippen molar-refractivity contribution in [3.8, 4) is 0 Å². The molecule has 0 radical (unpaired) electrons. The van der Waals surface area contributed by atoms with Crippen molar-refractivity contribution in [3.63, 3.8) is 0 Å². The zero-order valence-electron chi connectivity index (χ0n) is 10.7. The zero-order valence-corrected chi connectivity index (χ0v) is 10.7. The molecule has 1 saturated carbocycles. The molecule has 17 heavy (non-hydrogen) atoms. The highest BCUT2D eigenvalue weighted by Crippen LogP contribution is 2.19. The van der Waals surface area contributed by atoms with Crippen LogP contribution in [0.15, 0.2) is 0 Å². The highest BCUT2D eigenvalue weighted by atomic mass is 16.6. The third kappa shape index (κ3) is 7.68. The largest absolute Gasteiger partial charge is 0.382 e. The Balaban J connectivity index is 1.75. The van der Waals surface area contributed by atoms with Gasteiger partial charge in [-0.2, -0.15) is 0 Å². The minimum Gasteiger partial charge on any atom is -0.382 e. The first-order valence-corrected chi connectivity index (χ1v) is 6.34. The summed E-state index contributed by atoms with van der Waals surface area (Å²) >= 11 is 0. The van der Waals surface area contributed by atoms with Crippen molar-refractivity contribution < 1.29 is 18.9 Å². The molecule has 2 unspecified atom stereocenters. The van der Waals surface area contributed by atoms with Crippen molar-refractivity contribution >= 4 is 0 Å². The van der Waals surface area contributed by atoms with Gasteiger partial charge in [-0.3, -0.25) is 0 Å². The molecule has 2 atom stereocenters. The van der Waals surface area contributed by atoms with Gasteiger partial charge in [-0.1, -0.05) is 0 Å². The second kappa shape index (κ2) is 9.79.